The molecule has 0 amide bonds. The van der Waals surface area contributed by atoms with Crippen molar-refractivity contribution in [2.45, 2.75) is 19.9 Å². The average molecular weight is 284 g/mol. The van der Waals surface area contributed by atoms with Gasteiger partial charge in [0.2, 0.25) is 0 Å². The van der Waals surface area contributed by atoms with Crippen LogP contribution in [0.3, 0.4) is 0 Å². The van der Waals surface area contributed by atoms with Crippen molar-refractivity contribution in [2.24, 2.45) is 4.99 Å². The molecule has 21 heavy (non-hydrogen) atoms. The maximum atomic E-state index is 4.61. The lowest BCUT2D eigenvalue weighted by molar-refractivity contribution is 0.665. The summed E-state index contributed by atoms with van der Waals surface area (Å²) >= 11 is 0. The van der Waals surface area contributed by atoms with Gasteiger partial charge in [0.05, 0.1) is 0 Å². The van der Waals surface area contributed by atoms with E-state index in [-0.39, 0.29) is 0 Å². The molecule has 4 nitrogen and oxygen atoms in total. The molecular weight excluding hydrogens is 260 g/mol. The fourth-order valence-corrected chi connectivity index (χ4v) is 2.11. The van der Waals surface area contributed by atoms with E-state index in [4.69, 9.17) is 0 Å². The summed E-state index contributed by atoms with van der Waals surface area (Å²) in [4.78, 5) is 4.61. The fraction of sp³-hybridized carbons (Fsp3) is 0.353. The largest absolute Gasteiger partial charge is 0.357 e. The first-order valence-electron chi connectivity index (χ1n) is 7.55. The van der Waals surface area contributed by atoms with E-state index in [1.165, 1.54) is 5.56 Å². The summed E-state index contributed by atoms with van der Waals surface area (Å²) in [6.07, 6.45) is 5.11. The first-order valence-corrected chi connectivity index (χ1v) is 7.55. The van der Waals surface area contributed by atoms with Crippen LogP contribution in [-0.2, 0) is 13.0 Å². The highest BCUT2D eigenvalue weighted by molar-refractivity contribution is 5.79. The smallest absolute Gasteiger partial charge is 0.191 e. The van der Waals surface area contributed by atoms with E-state index in [2.05, 4.69) is 63.8 Å². The highest BCUT2D eigenvalue weighted by Gasteiger charge is 1.97. The highest BCUT2D eigenvalue weighted by Crippen LogP contribution is 1.99. The summed E-state index contributed by atoms with van der Waals surface area (Å²) in [6.45, 7) is 5.56. The Kier molecular flexibility index (Phi) is 6.39. The van der Waals surface area contributed by atoms with Gasteiger partial charge in [-0.05, 0) is 31.0 Å². The van der Waals surface area contributed by atoms with Crippen LogP contribution >= 0.6 is 0 Å². The Labute approximate surface area is 126 Å². The topological polar surface area (TPSA) is 41.4 Å². The van der Waals surface area contributed by atoms with Crippen molar-refractivity contribution in [3.05, 3.63) is 60.4 Å². The van der Waals surface area contributed by atoms with E-state index in [0.717, 1.165) is 38.6 Å². The second kappa shape index (κ2) is 8.84. The summed E-state index contributed by atoms with van der Waals surface area (Å²) in [7, 11) is 0. The van der Waals surface area contributed by atoms with Gasteiger partial charge in [-0.2, -0.15) is 0 Å². The molecule has 0 saturated carbocycles. The Bertz CT molecular complexity index is 517. The van der Waals surface area contributed by atoms with Crippen LogP contribution in [0.1, 0.15) is 12.5 Å². The second-order valence-corrected chi connectivity index (χ2v) is 4.84. The molecule has 0 bridgehead atoms. The van der Waals surface area contributed by atoms with Crippen molar-refractivity contribution in [3.8, 4) is 0 Å². The van der Waals surface area contributed by atoms with Crippen LogP contribution in [0.15, 0.2) is 59.9 Å². The van der Waals surface area contributed by atoms with Crippen molar-refractivity contribution in [1.82, 2.24) is 15.2 Å². The molecule has 0 unspecified atom stereocenters. The summed E-state index contributed by atoms with van der Waals surface area (Å²) in [6, 6.07) is 14.5. The number of hydrogen-bond acceptors (Lipinski definition) is 1. The van der Waals surface area contributed by atoms with Crippen LogP contribution in [-0.4, -0.2) is 30.2 Å². The number of rotatable bonds is 7. The van der Waals surface area contributed by atoms with Crippen molar-refractivity contribution in [2.75, 3.05) is 19.6 Å². The van der Waals surface area contributed by atoms with E-state index >= 15 is 0 Å². The van der Waals surface area contributed by atoms with Crippen LogP contribution in [0, 0.1) is 0 Å². The van der Waals surface area contributed by atoms with Gasteiger partial charge in [-0.15, -0.1) is 0 Å². The molecule has 0 aliphatic rings. The SMILES string of the molecule is CCNC(=NCCc1ccccc1)NCCn1cccc1. The lowest BCUT2D eigenvalue weighted by Gasteiger charge is -2.11. The first-order chi connectivity index (χ1) is 10.4. The molecule has 0 radical (unpaired) electrons. The van der Waals surface area contributed by atoms with Gasteiger partial charge in [0.1, 0.15) is 0 Å². The Hall–Kier alpha value is -2.23. The van der Waals surface area contributed by atoms with E-state index < -0.39 is 0 Å². The molecule has 0 atom stereocenters. The standard InChI is InChI=1S/C17H24N4/c1-2-18-17(20-12-15-21-13-6-7-14-21)19-11-10-16-8-4-3-5-9-16/h3-9,13-14H,2,10-12,15H2,1H3,(H2,18,19,20). The number of nitrogens with zero attached hydrogens (tertiary/aromatic N) is 2. The van der Waals surface area contributed by atoms with E-state index in [0.29, 0.717) is 0 Å². The zero-order valence-corrected chi connectivity index (χ0v) is 12.6. The number of guanidine groups is 1. The van der Waals surface area contributed by atoms with Gasteiger partial charge in [0.15, 0.2) is 5.96 Å². The lowest BCUT2D eigenvalue weighted by Crippen LogP contribution is -2.39. The molecule has 0 fully saturated rings. The molecule has 1 heterocycles. The van der Waals surface area contributed by atoms with Gasteiger partial charge < -0.3 is 15.2 Å². The summed E-state index contributed by atoms with van der Waals surface area (Å²) in [5.74, 6) is 0.889. The van der Waals surface area contributed by atoms with Crippen LogP contribution in [0.5, 0.6) is 0 Å². The fourth-order valence-electron chi connectivity index (χ4n) is 2.11. The van der Waals surface area contributed by atoms with Gasteiger partial charge in [-0.25, -0.2) is 0 Å². The molecule has 1 aromatic carbocycles. The maximum absolute atomic E-state index is 4.61. The molecule has 1 aromatic heterocycles. The van der Waals surface area contributed by atoms with Gasteiger partial charge in [0.25, 0.3) is 0 Å². The minimum atomic E-state index is 0.795. The first kappa shape index (κ1) is 15.2. The van der Waals surface area contributed by atoms with Crippen LogP contribution < -0.4 is 10.6 Å². The molecule has 2 N–H and O–H groups in total. The van der Waals surface area contributed by atoms with Gasteiger partial charge in [-0.3, -0.25) is 4.99 Å². The van der Waals surface area contributed by atoms with Crippen LogP contribution in [0.25, 0.3) is 0 Å². The molecule has 0 saturated heterocycles. The van der Waals surface area contributed by atoms with E-state index in [1.54, 1.807) is 0 Å². The number of hydrogen-bond donors (Lipinski definition) is 2. The summed E-state index contributed by atoms with van der Waals surface area (Å²) < 4.78 is 2.15. The molecular formula is C17H24N4. The van der Waals surface area contributed by atoms with E-state index in [9.17, 15) is 0 Å². The van der Waals surface area contributed by atoms with Crippen molar-refractivity contribution >= 4 is 5.96 Å². The van der Waals surface area contributed by atoms with Crippen molar-refractivity contribution < 1.29 is 0 Å². The Balaban J connectivity index is 1.75. The lowest BCUT2D eigenvalue weighted by atomic mass is 10.2. The number of nitrogens with one attached hydrogen (secondary N) is 2. The normalized spacial score (nSPS) is 11.4. The van der Waals surface area contributed by atoms with Crippen molar-refractivity contribution in [1.29, 1.82) is 0 Å². The highest BCUT2D eigenvalue weighted by atomic mass is 15.2. The predicted molar refractivity (Wildman–Crippen MR) is 88.6 cm³/mol. The minimum absolute atomic E-state index is 0.795. The van der Waals surface area contributed by atoms with Gasteiger partial charge >= 0.3 is 0 Å². The van der Waals surface area contributed by atoms with Crippen molar-refractivity contribution in [3.63, 3.8) is 0 Å². The Morgan fingerprint density at radius 2 is 1.81 bits per heavy atom. The third-order valence-electron chi connectivity index (χ3n) is 3.19. The summed E-state index contributed by atoms with van der Waals surface area (Å²) in [5, 5.41) is 6.64. The molecule has 0 spiro atoms. The third-order valence-corrected chi connectivity index (χ3v) is 3.19. The van der Waals surface area contributed by atoms with Gasteiger partial charge in [-0.1, -0.05) is 30.3 Å². The summed E-state index contributed by atoms with van der Waals surface area (Å²) in [5.41, 5.74) is 1.32. The Morgan fingerprint density at radius 1 is 1.05 bits per heavy atom. The predicted octanol–water partition coefficient (Wildman–Crippen LogP) is 2.29. The molecule has 4 heteroatoms. The van der Waals surface area contributed by atoms with Crippen LogP contribution in [0.4, 0.5) is 0 Å². The Morgan fingerprint density at radius 3 is 2.52 bits per heavy atom. The third kappa shape index (κ3) is 5.73. The maximum Gasteiger partial charge on any atom is 0.191 e. The second-order valence-electron chi connectivity index (χ2n) is 4.84. The minimum Gasteiger partial charge on any atom is -0.357 e. The number of aliphatic imine (C=N–C) groups is 1. The number of benzene rings is 1. The quantitative estimate of drug-likeness (QED) is 0.605. The van der Waals surface area contributed by atoms with E-state index in [1.807, 2.05) is 18.2 Å². The molecule has 2 rings (SSSR count). The van der Waals surface area contributed by atoms with Gasteiger partial charge in [0, 0.05) is 38.6 Å². The monoisotopic (exact) mass is 284 g/mol. The zero-order chi connectivity index (χ0) is 14.8. The molecule has 0 aliphatic heterocycles. The average Bonchev–Trinajstić information content (AvgIpc) is 3.02. The molecule has 2 aromatic rings. The molecule has 0 aliphatic carbocycles. The zero-order valence-electron chi connectivity index (χ0n) is 12.6. The van der Waals surface area contributed by atoms with Crippen LogP contribution in [0.2, 0.25) is 0 Å². The molecule has 112 valence electrons. The number of aromatic nitrogens is 1.